The van der Waals surface area contributed by atoms with Crippen LogP contribution in [0.15, 0.2) is 23.4 Å². The van der Waals surface area contributed by atoms with E-state index >= 15 is 0 Å². The molecule has 0 aromatic carbocycles. The molecule has 0 aliphatic carbocycles. The second kappa shape index (κ2) is 7.50. The monoisotopic (exact) mass is 269 g/mol. The van der Waals surface area contributed by atoms with Gasteiger partial charge < -0.3 is 20.0 Å². The van der Waals surface area contributed by atoms with Gasteiger partial charge in [0.1, 0.15) is 12.5 Å². The number of carbonyl (C=O) groups is 2. The molecule has 0 aliphatic heterocycles. The maximum Gasteiger partial charge on any atom is 0.307 e. The number of ether oxygens (including phenoxy) is 1. The average Bonchev–Trinajstić information content (AvgIpc) is 2.73. The largest absolute Gasteiger partial charge is 0.503 e. The molecule has 0 radical (unpaired) electrons. The van der Waals surface area contributed by atoms with Gasteiger partial charge in [-0.15, -0.1) is 11.3 Å². The van der Waals surface area contributed by atoms with Gasteiger partial charge in [0.05, 0.1) is 19.2 Å². The normalized spacial score (nSPS) is 11.1. The minimum atomic E-state index is -0.852. The Balaban J connectivity index is 2.61. The van der Waals surface area contributed by atoms with E-state index < -0.39 is 5.97 Å². The summed E-state index contributed by atoms with van der Waals surface area (Å²) in [6.07, 6.45) is 2.51. The number of nitrogens with one attached hydrogen (secondary N) is 1. The van der Waals surface area contributed by atoms with Crippen molar-refractivity contribution >= 4 is 23.6 Å². The second-order valence-corrected chi connectivity index (χ2v) is 4.54. The third-order valence-electron chi connectivity index (χ3n) is 2.22. The molecule has 18 heavy (non-hydrogen) atoms. The van der Waals surface area contributed by atoms with E-state index in [0.717, 1.165) is 16.7 Å². The van der Waals surface area contributed by atoms with Crippen LogP contribution >= 0.6 is 11.3 Å². The van der Waals surface area contributed by atoms with Gasteiger partial charge in [0.15, 0.2) is 0 Å². The number of allylic oxidation sites excluding steroid dienone is 1. The van der Waals surface area contributed by atoms with Crippen molar-refractivity contribution in [2.24, 2.45) is 0 Å². The van der Waals surface area contributed by atoms with Crippen LogP contribution in [0.25, 0.3) is 0 Å². The van der Waals surface area contributed by atoms with Gasteiger partial charge in [-0.05, 0) is 17.0 Å². The highest BCUT2D eigenvalue weighted by atomic mass is 32.1. The van der Waals surface area contributed by atoms with Crippen molar-refractivity contribution in [1.82, 2.24) is 5.32 Å². The summed E-state index contributed by atoms with van der Waals surface area (Å²) in [6.45, 7) is 0.489. The highest BCUT2D eigenvalue weighted by Gasteiger charge is 2.08. The molecule has 98 valence electrons. The zero-order chi connectivity index (χ0) is 13.4. The van der Waals surface area contributed by atoms with Crippen molar-refractivity contribution in [1.29, 1.82) is 0 Å². The van der Waals surface area contributed by atoms with E-state index in [1.807, 2.05) is 5.38 Å². The smallest absolute Gasteiger partial charge is 0.307 e. The molecule has 1 aromatic rings. The Kier molecular flexibility index (Phi) is 5.93. The van der Waals surface area contributed by atoms with Crippen molar-refractivity contribution in [2.75, 3.05) is 7.11 Å². The molecule has 5 nitrogen and oxygen atoms in total. The Bertz CT molecular complexity index is 439. The number of rotatable bonds is 8. The van der Waals surface area contributed by atoms with E-state index in [2.05, 4.69) is 5.32 Å². The van der Waals surface area contributed by atoms with Crippen LogP contribution in [0, 0.1) is 0 Å². The van der Waals surface area contributed by atoms with Crippen LogP contribution in [-0.2, 0) is 27.3 Å². The van der Waals surface area contributed by atoms with Crippen LogP contribution in [-0.4, -0.2) is 24.5 Å². The van der Waals surface area contributed by atoms with Crippen LogP contribution in [0.5, 0.6) is 0 Å². The number of carbonyl (C=O) groups excluding carboxylic acids is 1. The average molecular weight is 269 g/mol. The van der Waals surface area contributed by atoms with Crippen LogP contribution in [0.3, 0.4) is 0 Å². The van der Waals surface area contributed by atoms with E-state index in [4.69, 9.17) is 9.84 Å². The number of thiophene rings is 1. The standard InChI is InChI=1S/C12H15NO4S/c1-17-8-10(2-4-14)13-7-11-9(3-5-18-11)6-12(15)16/h3-5,8,13H,2,6-7H2,1H3,(H,15,16). The molecule has 1 heterocycles. The van der Waals surface area contributed by atoms with Crippen LogP contribution < -0.4 is 5.32 Å². The van der Waals surface area contributed by atoms with Gasteiger partial charge in [0.2, 0.25) is 0 Å². The predicted molar refractivity (Wildman–Crippen MR) is 68.3 cm³/mol. The first-order valence-corrected chi connectivity index (χ1v) is 6.21. The summed E-state index contributed by atoms with van der Waals surface area (Å²) >= 11 is 1.49. The van der Waals surface area contributed by atoms with Crippen molar-refractivity contribution < 1.29 is 19.4 Å². The molecule has 1 rings (SSSR count). The summed E-state index contributed by atoms with van der Waals surface area (Å²) in [5.41, 5.74) is 1.46. The molecule has 0 bridgehead atoms. The van der Waals surface area contributed by atoms with E-state index in [1.165, 1.54) is 24.7 Å². The van der Waals surface area contributed by atoms with Gasteiger partial charge in [-0.2, -0.15) is 0 Å². The maximum atomic E-state index is 10.7. The van der Waals surface area contributed by atoms with Gasteiger partial charge in [-0.3, -0.25) is 4.79 Å². The number of methoxy groups -OCH3 is 1. The summed E-state index contributed by atoms with van der Waals surface area (Å²) in [5.74, 6) is -0.852. The lowest BCUT2D eigenvalue weighted by atomic mass is 10.2. The summed E-state index contributed by atoms with van der Waals surface area (Å²) in [4.78, 5) is 22.1. The predicted octanol–water partition coefficient (Wildman–Crippen LogP) is 1.54. The summed E-state index contributed by atoms with van der Waals surface area (Å²) < 4.78 is 4.85. The second-order valence-electron chi connectivity index (χ2n) is 3.54. The van der Waals surface area contributed by atoms with Crippen LogP contribution in [0.1, 0.15) is 16.9 Å². The first kappa shape index (κ1) is 14.2. The number of aliphatic carboxylic acids is 1. The Morgan fingerprint density at radius 2 is 2.39 bits per heavy atom. The molecule has 0 saturated heterocycles. The molecule has 6 heteroatoms. The number of carboxylic acids is 1. The number of carboxylic acid groups (broad SMARTS) is 1. The van der Waals surface area contributed by atoms with E-state index in [1.54, 1.807) is 6.07 Å². The number of hydrogen-bond acceptors (Lipinski definition) is 5. The highest BCUT2D eigenvalue weighted by molar-refractivity contribution is 7.10. The van der Waals surface area contributed by atoms with Crippen molar-refractivity contribution in [3.05, 3.63) is 33.8 Å². The molecule has 2 N–H and O–H groups in total. The molecule has 0 amide bonds. The van der Waals surface area contributed by atoms with E-state index in [0.29, 0.717) is 12.2 Å². The fraction of sp³-hybridized carbons (Fsp3) is 0.333. The molecular weight excluding hydrogens is 254 g/mol. The third-order valence-corrected chi connectivity index (χ3v) is 3.18. The van der Waals surface area contributed by atoms with E-state index in [9.17, 15) is 9.59 Å². The number of hydrogen-bond donors (Lipinski definition) is 2. The molecule has 0 atom stereocenters. The Hall–Kier alpha value is -1.82. The lowest BCUT2D eigenvalue weighted by Gasteiger charge is -2.08. The molecule has 0 spiro atoms. The minimum Gasteiger partial charge on any atom is -0.503 e. The zero-order valence-electron chi connectivity index (χ0n) is 10.0. The summed E-state index contributed by atoms with van der Waals surface area (Å²) in [5, 5.41) is 13.7. The molecule has 1 aromatic heterocycles. The van der Waals surface area contributed by atoms with E-state index in [-0.39, 0.29) is 12.8 Å². The molecule has 0 aliphatic rings. The van der Waals surface area contributed by atoms with Gasteiger partial charge in [0, 0.05) is 17.8 Å². The summed E-state index contributed by atoms with van der Waals surface area (Å²) in [6, 6.07) is 1.80. The lowest BCUT2D eigenvalue weighted by molar-refractivity contribution is -0.136. The highest BCUT2D eigenvalue weighted by Crippen LogP contribution is 2.17. The lowest BCUT2D eigenvalue weighted by Crippen LogP contribution is -2.14. The third kappa shape index (κ3) is 4.58. The minimum absolute atomic E-state index is 0.0114. The van der Waals surface area contributed by atoms with Crippen molar-refractivity contribution in [3.63, 3.8) is 0 Å². The molecular formula is C12H15NO4S. The van der Waals surface area contributed by atoms with Crippen LogP contribution in [0.2, 0.25) is 0 Å². The van der Waals surface area contributed by atoms with Crippen molar-refractivity contribution in [2.45, 2.75) is 19.4 Å². The maximum absolute atomic E-state index is 10.7. The first-order chi connectivity index (χ1) is 8.67. The molecule has 0 fully saturated rings. The van der Waals surface area contributed by atoms with Gasteiger partial charge in [-0.25, -0.2) is 0 Å². The Morgan fingerprint density at radius 3 is 3.00 bits per heavy atom. The molecule has 0 saturated carbocycles. The fourth-order valence-corrected chi connectivity index (χ4v) is 2.27. The quantitative estimate of drug-likeness (QED) is 0.553. The SMILES string of the molecule is COC=C(CC=O)NCc1sccc1CC(=O)O. The zero-order valence-corrected chi connectivity index (χ0v) is 10.8. The Morgan fingerprint density at radius 1 is 1.61 bits per heavy atom. The van der Waals surface area contributed by atoms with Gasteiger partial charge in [0.25, 0.3) is 0 Å². The van der Waals surface area contributed by atoms with Gasteiger partial charge in [-0.1, -0.05) is 0 Å². The topological polar surface area (TPSA) is 75.6 Å². The molecule has 0 unspecified atom stereocenters. The van der Waals surface area contributed by atoms with Gasteiger partial charge >= 0.3 is 5.97 Å². The summed E-state index contributed by atoms with van der Waals surface area (Å²) in [7, 11) is 1.51. The van der Waals surface area contributed by atoms with Crippen LogP contribution in [0.4, 0.5) is 0 Å². The fourth-order valence-electron chi connectivity index (χ4n) is 1.43. The van der Waals surface area contributed by atoms with Crippen molar-refractivity contribution in [3.8, 4) is 0 Å². The Labute approximate surface area is 109 Å². The number of aldehydes is 1. The first-order valence-electron chi connectivity index (χ1n) is 5.33.